The van der Waals surface area contributed by atoms with Crippen LogP contribution in [0.2, 0.25) is 0 Å². The molecular weight excluding hydrogens is 340 g/mol. The van der Waals surface area contributed by atoms with Crippen LogP contribution >= 0.6 is 0 Å². The van der Waals surface area contributed by atoms with Crippen LogP contribution in [0.5, 0.6) is 5.75 Å². The lowest BCUT2D eigenvalue weighted by molar-refractivity contribution is 0.483. The molecule has 0 aliphatic carbocycles. The third kappa shape index (κ3) is 3.58. The molecule has 0 fully saturated rings. The molecule has 2 aromatic carbocycles. The third-order valence-electron chi connectivity index (χ3n) is 3.96. The average molecular weight is 358 g/mol. The molecule has 0 aliphatic heterocycles. The van der Waals surface area contributed by atoms with Crippen molar-refractivity contribution in [3.63, 3.8) is 0 Å². The summed E-state index contributed by atoms with van der Waals surface area (Å²) in [6, 6.07) is 12.5. The number of aryl methyl sites for hydroxylation is 1. The zero-order valence-corrected chi connectivity index (χ0v) is 15.0. The molecule has 0 saturated heterocycles. The molecule has 0 saturated carbocycles. The predicted molar refractivity (Wildman–Crippen MR) is 95.6 cm³/mol. The highest BCUT2D eigenvalue weighted by atomic mass is 32.2. The zero-order valence-electron chi connectivity index (χ0n) is 14.1. The fourth-order valence-corrected chi connectivity index (χ4v) is 3.46. The zero-order chi connectivity index (χ0) is 18.2. The first-order valence-corrected chi connectivity index (χ1v) is 9.26. The van der Waals surface area contributed by atoms with Gasteiger partial charge in [0.2, 0.25) is 0 Å². The van der Waals surface area contributed by atoms with Crippen LogP contribution in [0, 0.1) is 6.92 Å². The van der Waals surface area contributed by atoms with E-state index in [0.717, 1.165) is 11.1 Å². The van der Waals surface area contributed by atoms with Crippen LogP contribution in [-0.2, 0) is 10.1 Å². The number of hydrogen-bond acceptors (Lipinski definition) is 5. The number of rotatable bonds is 4. The second-order valence-electron chi connectivity index (χ2n) is 6.17. The molecular formula is C19H18O5S. The summed E-state index contributed by atoms with van der Waals surface area (Å²) in [5.74, 6) is 0.570. The first kappa shape index (κ1) is 17.2. The summed E-state index contributed by atoms with van der Waals surface area (Å²) in [6.07, 6.45) is 0. The Hall–Kier alpha value is -2.60. The topological polar surface area (TPSA) is 73.6 Å². The normalized spacial score (nSPS) is 11.8. The number of fused-ring (bicyclic) bond motifs is 1. The third-order valence-corrected chi connectivity index (χ3v) is 5.19. The summed E-state index contributed by atoms with van der Waals surface area (Å²) in [4.78, 5) is 11.2. The first-order valence-electron chi connectivity index (χ1n) is 7.85. The quantitative estimate of drug-likeness (QED) is 0.521. The van der Waals surface area contributed by atoms with Gasteiger partial charge in [-0.05, 0) is 54.3 Å². The summed E-state index contributed by atoms with van der Waals surface area (Å²) in [5.41, 5.74) is 1.57. The largest absolute Gasteiger partial charge is 0.423 e. The average Bonchev–Trinajstić information content (AvgIpc) is 2.55. The maximum absolute atomic E-state index is 12.6. The van der Waals surface area contributed by atoms with E-state index in [1.54, 1.807) is 13.0 Å². The molecule has 0 spiro atoms. The fourth-order valence-electron chi connectivity index (χ4n) is 2.44. The van der Waals surface area contributed by atoms with E-state index in [4.69, 9.17) is 8.60 Å². The molecule has 0 radical (unpaired) electrons. The second-order valence-corrected chi connectivity index (χ2v) is 7.72. The summed E-state index contributed by atoms with van der Waals surface area (Å²) in [7, 11) is -4.00. The highest BCUT2D eigenvalue weighted by Crippen LogP contribution is 2.28. The van der Waals surface area contributed by atoms with Crippen molar-refractivity contribution in [2.75, 3.05) is 0 Å². The van der Waals surface area contributed by atoms with Crippen molar-refractivity contribution in [1.82, 2.24) is 0 Å². The Morgan fingerprint density at radius 3 is 2.48 bits per heavy atom. The Kier molecular flexibility index (Phi) is 4.39. The molecule has 0 atom stereocenters. The molecule has 6 heteroatoms. The van der Waals surface area contributed by atoms with Gasteiger partial charge in [0.1, 0.15) is 16.2 Å². The van der Waals surface area contributed by atoms with Gasteiger partial charge < -0.3 is 8.60 Å². The minimum Gasteiger partial charge on any atom is -0.423 e. The van der Waals surface area contributed by atoms with Crippen molar-refractivity contribution < 1.29 is 17.0 Å². The second kappa shape index (κ2) is 6.37. The molecule has 3 aromatic rings. The van der Waals surface area contributed by atoms with Crippen molar-refractivity contribution in [2.45, 2.75) is 31.6 Å². The van der Waals surface area contributed by atoms with E-state index >= 15 is 0 Å². The SMILES string of the molecule is Cc1ccc(C(C)C)cc1OS(=O)(=O)c1ccc2oc(=O)ccc2c1. The number of benzene rings is 2. The monoisotopic (exact) mass is 358 g/mol. The van der Waals surface area contributed by atoms with Gasteiger partial charge in [-0.25, -0.2) is 4.79 Å². The van der Waals surface area contributed by atoms with Crippen LogP contribution in [0.3, 0.4) is 0 Å². The Bertz CT molecular complexity index is 1090. The smallest absolute Gasteiger partial charge is 0.339 e. The highest BCUT2D eigenvalue weighted by molar-refractivity contribution is 7.87. The van der Waals surface area contributed by atoms with Crippen molar-refractivity contribution in [2.24, 2.45) is 0 Å². The maximum Gasteiger partial charge on any atom is 0.339 e. The van der Waals surface area contributed by atoms with Gasteiger partial charge in [-0.2, -0.15) is 8.42 Å². The lowest BCUT2D eigenvalue weighted by atomic mass is 10.0. The lowest BCUT2D eigenvalue weighted by Crippen LogP contribution is -2.11. The van der Waals surface area contributed by atoms with Gasteiger partial charge in [0, 0.05) is 11.5 Å². The van der Waals surface area contributed by atoms with Crippen LogP contribution in [0.15, 0.2) is 62.6 Å². The lowest BCUT2D eigenvalue weighted by Gasteiger charge is -2.13. The maximum atomic E-state index is 12.6. The fraction of sp³-hybridized carbons (Fsp3) is 0.211. The molecule has 5 nitrogen and oxygen atoms in total. The molecule has 130 valence electrons. The molecule has 0 bridgehead atoms. The van der Waals surface area contributed by atoms with Crippen LogP contribution < -0.4 is 9.81 Å². The van der Waals surface area contributed by atoms with Gasteiger partial charge in [0.15, 0.2) is 0 Å². The van der Waals surface area contributed by atoms with Gasteiger partial charge in [0.25, 0.3) is 0 Å². The van der Waals surface area contributed by atoms with E-state index in [1.165, 1.54) is 30.3 Å². The Morgan fingerprint density at radius 1 is 1.00 bits per heavy atom. The molecule has 0 N–H and O–H groups in total. The van der Waals surface area contributed by atoms with E-state index in [9.17, 15) is 13.2 Å². The Balaban J connectivity index is 2.01. The van der Waals surface area contributed by atoms with Crippen molar-refractivity contribution >= 4 is 21.1 Å². The van der Waals surface area contributed by atoms with Crippen LogP contribution in [-0.4, -0.2) is 8.42 Å². The predicted octanol–water partition coefficient (Wildman–Crippen LogP) is 3.99. The first-order chi connectivity index (χ1) is 11.8. The minimum atomic E-state index is -4.00. The van der Waals surface area contributed by atoms with E-state index in [0.29, 0.717) is 16.7 Å². The van der Waals surface area contributed by atoms with E-state index in [2.05, 4.69) is 0 Å². The molecule has 1 heterocycles. The Morgan fingerprint density at radius 2 is 1.76 bits per heavy atom. The van der Waals surface area contributed by atoms with E-state index in [-0.39, 0.29) is 10.8 Å². The van der Waals surface area contributed by atoms with Gasteiger partial charge in [-0.1, -0.05) is 26.0 Å². The van der Waals surface area contributed by atoms with Gasteiger partial charge in [0.05, 0.1) is 0 Å². The minimum absolute atomic E-state index is 0.00296. The highest BCUT2D eigenvalue weighted by Gasteiger charge is 2.19. The van der Waals surface area contributed by atoms with Crippen LogP contribution in [0.4, 0.5) is 0 Å². The van der Waals surface area contributed by atoms with Gasteiger partial charge >= 0.3 is 15.7 Å². The molecule has 25 heavy (non-hydrogen) atoms. The molecule has 3 rings (SSSR count). The van der Waals surface area contributed by atoms with Crippen molar-refractivity contribution in [1.29, 1.82) is 0 Å². The van der Waals surface area contributed by atoms with E-state index in [1.807, 2.05) is 26.0 Å². The summed E-state index contributed by atoms with van der Waals surface area (Å²) >= 11 is 0. The molecule has 0 amide bonds. The molecule has 1 aromatic heterocycles. The molecule has 0 unspecified atom stereocenters. The standard InChI is InChI=1S/C19H18O5S/c1-12(2)14-5-4-13(3)18(11-14)24-25(21,22)16-7-8-17-15(10-16)6-9-19(20)23-17/h4-12H,1-3H3. The molecule has 0 aliphatic rings. The summed E-state index contributed by atoms with van der Waals surface area (Å²) in [5, 5.41) is 0.511. The summed E-state index contributed by atoms with van der Waals surface area (Å²) < 4.78 is 35.6. The van der Waals surface area contributed by atoms with E-state index < -0.39 is 15.7 Å². The van der Waals surface area contributed by atoms with Gasteiger partial charge in [-0.3, -0.25) is 0 Å². The van der Waals surface area contributed by atoms with Crippen molar-refractivity contribution in [3.05, 3.63) is 70.1 Å². The van der Waals surface area contributed by atoms with Crippen LogP contribution in [0.1, 0.15) is 30.9 Å². The Labute approximate surface area is 146 Å². The van der Waals surface area contributed by atoms with Crippen molar-refractivity contribution in [3.8, 4) is 5.75 Å². The number of hydrogen-bond donors (Lipinski definition) is 0. The summed E-state index contributed by atoms with van der Waals surface area (Å²) in [6.45, 7) is 5.85. The van der Waals surface area contributed by atoms with Gasteiger partial charge in [-0.15, -0.1) is 0 Å². The van der Waals surface area contributed by atoms with Crippen LogP contribution in [0.25, 0.3) is 11.0 Å².